The summed E-state index contributed by atoms with van der Waals surface area (Å²) in [6.07, 6.45) is -30.3. The highest BCUT2D eigenvalue weighted by molar-refractivity contribution is 4.98. The highest BCUT2D eigenvalue weighted by atomic mass is 19.4. The van der Waals surface area contributed by atoms with Gasteiger partial charge in [-0.1, -0.05) is 0 Å². The first kappa shape index (κ1) is 22.8. The van der Waals surface area contributed by atoms with Crippen LogP contribution in [0.1, 0.15) is 0 Å². The predicted molar refractivity (Wildman–Crippen MR) is 37.9 cm³/mol. The summed E-state index contributed by atoms with van der Waals surface area (Å²) < 4.78 is 194. The molecule has 0 aliphatic carbocycles. The maximum atomic E-state index is 12.5. The van der Waals surface area contributed by atoms with Gasteiger partial charge < -0.3 is 0 Å². The highest BCUT2D eigenvalue weighted by Crippen LogP contribution is 2.56. The molecule has 0 rings (SSSR count). The van der Waals surface area contributed by atoms with Gasteiger partial charge in [0.15, 0.2) is 0 Å². The first-order chi connectivity index (χ1) is 9.96. The van der Waals surface area contributed by atoms with Crippen molar-refractivity contribution in [2.24, 2.45) is 0 Å². The van der Waals surface area contributed by atoms with E-state index < -0.39 is 42.3 Å². The van der Waals surface area contributed by atoms with Crippen molar-refractivity contribution in [3.63, 3.8) is 0 Å². The zero-order chi connectivity index (χ0) is 20.2. The van der Waals surface area contributed by atoms with Crippen molar-refractivity contribution >= 4 is 0 Å². The Morgan fingerprint density at radius 3 is 0.833 bits per heavy atom. The van der Waals surface area contributed by atoms with Gasteiger partial charge in [0.1, 0.15) is 0 Å². The van der Waals surface area contributed by atoms with Gasteiger partial charge in [-0.2, -0.15) is 70.2 Å². The number of hydrogen-bond acceptors (Lipinski definition) is 1. The molecule has 0 fully saturated rings. The van der Waals surface area contributed by atoms with Crippen LogP contribution < -0.4 is 0 Å². The minimum atomic E-state index is -7.97. The third kappa shape index (κ3) is 3.30. The van der Waals surface area contributed by atoms with Crippen LogP contribution in [-0.2, 0) is 4.74 Å². The van der Waals surface area contributed by atoms with E-state index in [0.29, 0.717) is 0 Å². The topological polar surface area (TPSA) is 9.23 Å². The van der Waals surface area contributed by atoms with Gasteiger partial charge in [0, 0.05) is 0 Å². The Balaban J connectivity index is 5.95. The summed E-state index contributed by atoms with van der Waals surface area (Å²) in [5.74, 6) is -23.4. The molecule has 0 N–H and O–H groups in total. The maximum Gasteiger partial charge on any atom is 0.462 e. The van der Waals surface area contributed by atoms with Crippen molar-refractivity contribution in [1.29, 1.82) is 0 Å². The summed E-state index contributed by atoms with van der Waals surface area (Å²) >= 11 is 0. The van der Waals surface area contributed by atoms with Crippen LogP contribution in [0.2, 0.25) is 0 Å². The zero-order valence-electron chi connectivity index (χ0n) is 9.96. The Bertz CT molecular complexity index is 454. The van der Waals surface area contributed by atoms with Crippen LogP contribution in [0.25, 0.3) is 0 Å². The monoisotopic (exact) mass is 404 g/mol. The Kier molecular flexibility index (Phi) is 5.16. The number of halogens is 16. The molecule has 0 aliphatic rings. The molecular formula is C7F16O. The average Bonchev–Trinajstić information content (AvgIpc) is 2.23. The molecule has 0 heterocycles. The summed E-state index contributed by atoms with van der Waals surface area (Å²) in [7, 11) is 0. The van der Waals surface area contributed by atoms with Gasteiger partial charge in [-0.05, 0) is 0 Å². The van der Waals surface area contributed by atoms with E-state index in [9.17, 15) is 70.2 Å². The van der Waals surface area contributed by atoms with Crippen LogP contribution in [0.3, 0.4) is 0 Å². The summed E-state index contributed by atoms with van der Waals surface area (Å²) in [5.41, 5.74) is 0. The summed E-state index contributed by atoms with van der Waals surface area (Å²) in [6, 6.07) is 0. The minimum absolute atomic E-state index is 1.10. The predicted octanol–water partition coefficient (Wildman–Crippen LogP) is 5.22. The molecule has 0 amide bonds. The van der Waals surface area contributed by atoms with Crippen molar-refractivity contribution in [3.8, 4) is 0 Å². The molecule has 0 radical (unpaired) electrons. The van der Waals surface area contributed by atoms with E-state index in [1.807, 2.05) is 0 Å². The summed E-state index contributed by atoms with van der Waals surface area (Å²) in [5, 5.41) is 0. The standard InChI is InChI=1S/C7F16O/c8-1(9,4(14,15)16)2(10,11)6(20,21)24-7(22,23)3(12,13)5(17,18)19. The maximum absolute atomic E-state index is 12.5. The van der Waals surface area contributed by atoms with Gasteiger partial charge in [-0.15, -0.1) is 0 Å². The van der Waals surface area contributed by atoms with Gasteiger partial charge in [0.05, 0.1) is 0 Å². The Labute approximate surface area is 119 Å². The second-order valence-electron chi connectivity index (χ2n) is 3.85. The molecule has 146 valence electrons. The third-order valence-corrected chi connectivity index (χ3v) is 2.09. The molecule has 0 aromatic rings. The molecule has 0 unspecified atom stereocenters. The second kappa shape index (κ2) is 5.42. The molecule has 0 saturated heterocycles. The Morgan fingerprint density at radius 2 is 0.583 bits per heavy atom. The van der Waals surface area contributed by atoms with Gasteiger partial charge in [-0.25, -0.2) is 4.74 Å². The van der Waals surface area contributed by atoms with Crippen molar-refractivity contribution in [2.75, 3.05) is 0 Å². The fraction of sp³-hybridized carbons (Fsp3) is 1.00. The largest absolute Gasteiger partial charge is 0.462 e. The van der Waals surface area contributed by atoms with Gasteiger partial charge in [-0.3, -0.25) is 0 Å². The van der Waals surface area contributed by atoms with Crippen LogP contribution >= 0.6 is 0 Å². The molecule has 0 aliphatic heterocycles. The number of alkyl halides is 16. The van der Waals surface area contributed by atoms with E-state index in [-0.39, 0.29) is 0 Å². The molecule has 24 heavy (non-hydrogen) atoms. The Morgan fingerprint density at radius 1 is 0.333 bits per heavy atom. The Hall–Kier alpha value is -1.16. The second-order valence-corrected chi connectivity index (χ2v) is 3.85. The van der Waals surface area contributed by atoms with Crippen LogP contribution in [0, 0.1) is 0 Å². The number of hydrogen-bond donors (Lipinski definition) is 0. The SMILES string of the molecule is FC(F)(F)C(F)(F)C(F)(F)OC(F)(F)C(F)(F)C(F)(F)C(F)(F)F. The van der Waals surface area contributed by atoms with E-state index in [0.717, 1.165) is 4.74 Å². The smallest absolute Gasteiger partial charge is 0.245 e. The van der Waals surface area contributed by atoms with Gasteiger partial charge in [0.2, 0.25) is 0 Å². The van der Waals surface area contributed by atoms with Crippen LogP contribution in [0.4, 0.5) is 70.2 Å². The molecule has 0 bridgehead atoms. The van der Waals surface area contributed by atoms with Crippen molar-refractivity contribution in [2.45, 2.75) is 42.3 Å². The first-order valence-electron chi connectivity index (χ1n) is 4.68. The molecule has 17 heteroatoms. The average molecular weight is 404 g/mol. The van der Waals surface area contributed by atoms with E-state index >= 15 is 0 Å². The number of rotatable bonds is 5. The van der Waals surface area contributed by atoms with E-state index in [2.05, 4.69) is 0 Å². The first-order valence-corrected chi connectivity index (χ1v) is 4.68. The minimum Gasteiger partial charge on any atom is -0.245 e. The van der Waals surface area contributed by atoms with E-state index in [1.54, 1.807) is 0 Å². The van der Waals surface area contributed by atoms with Crippen molar-refractivity contribution in [3.05, 3.63) is 0 Å². The fourth-order valence-corrected chi connectivity index (χ4v) is 0.815. The molecular weight excluding hydrogens is 404 g/mol. The van der Waals surface area contributed by atoms with Crippen LogP contribution in [0.5, 0.6) is 0 Å². The lowest BCUT2D eigenvalue weighted by atomic mass is 10.1. The van der Waals surface area contributed by atoms with E-state index in [1.165, 1.54) is 0 Å². The molecule has 0 spiro atoms. The van der Waals surface area contributed by atoms with Crippen molar-refractivity contribution in [1.82, 2.24) is 0 Å². The lowest BCUT2D eigenvalue weighted by Gasteiger charge is -2.36. The third-order valence-electron chi connectivity index (χ3n) is 2.09. The zero-order valence-corrected chi connectivity index (χ0v) is 9.96. The molecule has 0 atom stereocenters. The van der Waals surface area contributed by atoms with Crippen LogP contribution in [-0.4, -0.2) is 42.3 Å². The lowest BCUT2D eigenvalue weighted by molar-refractivity contribution is -0.519. The normalized spacial score (nSPS) is 16.5. The highest BCUT2D eigenvalue weighted by Gasteiger charge is 2.86. The quantitative estimate of drug-likeness (QED) is 0.572. The van der Waals surface area contributed by atoms with E-state index in [4.69, 9.17) is 0 Å². The van der Waals surface area contributed by atoms with Gasteiger partial charge >= 0.3 is 42.3 Å². The molecule has 1 nitrogen and oxygen atoms in total. The molecule has 0 saturated carbocycles. The molecule has 0 aromatic carbocycles. The number of ether oxygens (including phenoxy) is 1. The molecule has 0 aromatic heterocycles. The fourth-order valence-electron chi connectivity index (χ4n) is 0.815. The summed E-state index contributed by atoms with van der Waals surface area (Å²) in [6.45, 7) is 0. The van der Waals surface area contributed by atoms with Crippen LogP contribution in [0.15, 0.2) is 0 Å². The van der Waals surface area contributed by atoms with Crippen molar-refractivity contribution < 1.29 is 75.0 Å². The summed E-state index contributed by atoms with van der Waals surface area (Å²) in [4.78, 5) is 0. The lowest BCUT2D eigenvalue weighted by Crippen LogP contribution is -2.65. The van der Waals surface area contributed by atoms with Gasteiger partial charge in [0.25, 0.3) is 0 Å².